The summed E-state index contributed by atoms with van der Waals surface area (Å²) in [6, 6.07) is 0. The van der Waals surface area contributed by atoms with Crippen LogP contribution in [0, 0.1) is 0 Å². The van der Waals surface area contributed by atoms with E-state index in [1.807, 2.05) is 7.05 Å². The maximum absolute atomic E-state index is 11.1. The molecule has 4 heteroatoms. The molecule has 0 amide bonds. The monoisotopic (exact) mass is 204 g/mol. The number of nitrogens with one attached hydrogen (secondary N) is 1. The Labute approximate surface area is 83.3 Å². The fourth-order valence-electron chi connectivity index (χ4n) is 1.54. The fourth-order valence-corrected chi connectivity index (χ4v) is 2.66. The largest absolute Gasteiger partial charge is 0.320 e. The Balaban J connectivity index is 1.99. The maximum atomic E-state index is 11.1. The standard InChI is InChI=1S/C9H20N2OS/c1-10-4-2-3-5-11-6-8-13(12)9-7-11/h10H,2-9H2,1H3. The van der Waals surface area contributed by atoms with Crippen LogP contribution in [0.5, 0.6) is 0 Å². The van der Waals surface area contributed by atoms with E-state index in [9.17, 15) is 4.21 Å². The first-order chi connectivity index (χ1) is 6.33. The van der Waals surface area contributed by atoms with Crippen molar-refractivity contribution in [1.82, 2.24) is 10.2 Å². The maximum Gasteiger partial charge on any atom is 0.0363 e. The van der Waals surface area contributed by atoms with E-state index >= 15 is 0 Å². The molecule has 0 atom stereocenters. The molecule has 1 rings (SSSR count). The molecular weight excluding hydrogens is 184 g/mol. The molecule has 0 radical (unpaired) electrons. The van der Waals surface area contributed by atoms with Crippen LogP contribution in [-0.2, 0) is 10.8 Å². The third-order valence-corrected chi connectivity index (χ3v) is 3.70. The molecule has 0 bridgehead atoms. The number of hydrogen-bond acceptors (Lipinski definition) is 3. The van der Waals surface area contributed by atoms with Crippen molar-refractivity contribution in [3.8, 4) is 0 Å². The van der Waals surface area contributed by atoms with E-state index in [-0.39, 0.29) is 0 Å². The number of unbranched alkanes of at least 4 members (excludes halogenated alkanes) is 1. The minimum absolute atomic E-state index is 0.524. The van der Waals surface area contributed by atoms with E-state index in [1.54, 1.807) is 0 Å². The van der Waals surface area contributed by atoms with E-state index in [0.29, 0.717) is 0 Å². The molecule has 1 fully saturated rings. The number of hydrogen-bond donors (Lipinski definition) is 1. The molecule has 78 valence electrons. The van der Waals surface area contributed by atoms with Gasteiger partial charge < -0.3 is 10.2 Å². The van der Waals surface area contributed by atoms with E-state index in [2.05, 4.69) is 10.2 Å². The Morgan fingerprint density at radius 2 is 2.00 bits per heavy atom. The van der Waals surface area contributed by atoms with Crippen LogP contribution < -0.4 is 5.32 Å². The van der Waals surface area contributed by atoms with E-state index in [0.717, 1.165) is 31.1 Å². The zero-order valence-corrected chi connectivity index (χ0v) is 9.24. The molecule has 1 aliphatic rings. The van der Waals surface area contributed by atoms with Gasteiger partial charge >= 0.3 is 0 Å². The van der Waals surface area contributed by atoms with Gasteiger partial charge in [0, 0.05) is 35.4 Å². The molecule has 0 unspecified atom stereocenters. The van der Waals surface area contributed by atoms with Gasteiger partial charge in [0.2, 0.25) is 0 Å². The van der Waals surface area contributed by atoms with Crippen LogP contribution in [0.2, 0.25) is 0 Å². The van der Waals surface area contributed by atoms with Gasteiger partial charge in [0.25, 0.3) is 0 Å². The number of nitrogens with zero attached hydrogens (tertiary/aromatic N) is 1. The lowest BCUT2D eigenvalue weighted by atomic mass is 10.3. The summed E-state index contributed by atoms with van der Waals surface area (Å²) in [5, 5.41) is 3.15. The molecule has 0 spiro atoms. The topological polar surface area (TPSA) is 32.3 Å². The molecule has 3 nitrogen and oxygen atoms in total. The molecule has 0 aromatic carbocycles. The van der Waals surface area contributed by atoms with Crippen molar-refractivity contribution in [3.05, 3.63) is 0 Å². The molecule has 13 heavy (non-hydrogen) atoms. The zero-order valence-electron chi connectivity index (χ0n) is 8.42. The lowest BCUT2D eigenvalue weighted by Gasteiger charge is -2.25. The van der Waals surface area contributed by atoms with Crippen molar-refractivity contribution in [1.29, 1.82) is 0 Å². The predicted octanol–water partition coefficient (Wildman–Crippen LogP) is 0.0503. The van der Waals surface area contributed by atoms with Crippen LogP contribution in [0.25, 0.3) is 0 Å². The van der Waals surface area contributed by atoms with Gasteiger partial charge in [-0.3, -0.25) is 4.21 Å². The van der Waals surface area contributed by atoms with Crippen LogP contribution in [0.3, 0.4) is 0 Å². The molecule has 1 aliphatic heterocycles. The smallest absolute Gasteiger partial charge is 0.0363 e. The summed E-state index contributed by atoms with van der Waals surface area (Å²) in [6.45, 7) is 4.36. The summed E-state index contributed by atoms with van der Waals surface area (Å²) in [7, 11) is 1.47. The SMILES string of the molecule is CNCCCCN1CCS(=O)CC1. The van der Waals surface area contributed by atoms with Gasteiger partial charge in [-0.05, 0) is 33.0 Å². The Morgan fingerprint density at radius 3 is 2.62 bits per heavy atom. The first-order valence-corrected chi connectivity index (χ1v) is 6.53. The highest BCUT2D eigenvalue weighted by atomic mass is 32.2. The van der Waals surface area contributed by atoms with Crippen molar-refractivity contribution in [3.63, 3.8) is 0 Å². The first-order valence-electron chi connectivity index (χ1n) is 5.05. The Bertz CT molecular complexity index is 154. The van der Waals surface area contributed by atoms with E-state index in [4.69, 9.17) is 0 Å². The molecule has 1 saturated heterocycles. The highest BCUT2D eigenvalue weighted by Crippen LogP contribution is 2.01. The van der Waals surface area contributed by atoms with Gasteiger partial charge in [-0.2, -0.15) is 0 Å². The molecular formula is C9H20N2OS. The van der Waals surface area contributed by atoms with E-state index < -0.39 is 10.8 Å². The predicted molar refractivity (Wildman–Crippen MR) is 57.5 cm³/mol. The van der Waals surface area contributed by atoms with Gasteiger partial charge in [0.1, 0.15) is 0 Å². The third-order valence-electron chi connectivity index (χ3n) is 2.42. The Morgan fingerprint density at radius 1 is 1.31 bits per heavy atom. The van der Waals surface area contributed by atoms with Crippen molar-refractivity contribution in [2.45, 2.75) is 12.8 Å². The van der Waals surface area contributed by atoms with Crippen LogP contribution in [0.1, 0.15) is 12.8 Å². The second kappa shape index (κ2) is 6.51. The molecule has 0 aliphatic carbocycles. The zero-order chi connectivity index (χ0) is 9.52. The van der Waals surface area contributed by atoms with Gasteiger partial charge in [-0.25, -0.2) is 0 Å². The second-order valence-electron chi connectivity index (χ2n) is 3.50. The summed E-state index contributed by atoms with van der Waals surface area (Å²) < 4.78 is 11.1. The second-order valence-corrected chi connectivity index (χ2v) is 5.20. The molecule has 0 aromatic heterocycles. The molecule has 1 heterocycles. The van der Waals surface area contributed by atoms with Crippen molar-refractivity contribution in [2.24, 2.45) is 0 Å². The van der Waals surface area contributed by atoms with Gasteiger partial charge in [-0.15, -0.1) is 0 Å². The van der Waals surface area contributed by atoms with E-state index in [1.165, 1.54) is 19.4 Å². The average molecular weight is 204 g/mol. The molecule has 0 aromatic rings. The van der Waals surface area contributed by atoms with Crippen LogP contribution in [0.4, 0.5) is 0 Å². The minimum atomic E-state index is -0.524. The van der Waals surface area contributed by atoms with Crippen LogP contribution in [0.15, 0.2) is 0 Å². The van der Waals surface area contributed by atoms with Crippen molar-refractivity contribution >= 4 is 10.8 Å². The average Bonchev–Trinajstić information content (AvgIpc) is 2.15. The fraction of sp³-hybridized carbons (Fsp3) is 1.00. The highest BCUT2D eigenvalue weighted by molar-refractivity contribution is 7.85. The summed E-state index contributed by atoms with van der Waals surface area (Å²) in [5.74, 6) is 1.76. The minimum Gasteiger partial charge on any atom is -0.320 e. The number of rotatable bonds is 5. The van der Waals surface area contributed by atoms with Crippen LogP contribution >= 0.6 is 0 Å². The lowest BCUT2D eigenvalue weighted by molar-refractivity contribution is 0.292. The van der Waals surface area contributed by atoms with Gasteiger partial charge in [0.05, 0.1) is 0 Å². The normalized spacial score (nSPS) is 20.7. The summed E-state index contributed by atoms with van der Waals surface area (Å²) in [6.07, 6.45) is 2.50. The van der Waals surface area contributed by atoms with Crippen molar-refractivity contribution in [2.75, 3.05) is 44.7 Å². The highest BCUT2D eigenvalue weighted by Gasteiger charge is 2.13. The molecule has 1 N–H and O–H groups in total. The van der Waals surface area contributed by atoms with Crippen molar-refractivity contribution < 1.29 is 4.21 Å². The van der Waals surface area contributed by atoms with Gasteiger partial charge in [-0.1, -0.05) is 0 Å². The summed E-state index contributed by atoms with van der Waals surface area (Å²) in [4.78, 5) is 2.43. The first kappa shape index (κ1) is 11.1. The summed E-state index contributed by atoms with van der Waals surface area (Å²) >= 11 is 0. The third kappa shape index (κ3) is 4.74. The Kier molecular flexibility index (Phi) is 5.58. The Hall–Kier alpha value is 0.0700. The van der Waals surface area contributed by atoms with Crippen LogP contribution in [-0.4, -0.2) is 53.8 Å². The molecule has 0 saturated carbocycles. The summed E-state index contributed by atoms with van der Waals surface area (Å²) in [5.41, 5.74) is 0. The quantitative estimate of drug-likeness (QED) is 0.642. The van der Waals surface area contributed by atoms with Gasteiger partial charge in [0.15, 0.2) is 0 Å². The lowest BCUT2D eigenvalue weighted by Crippen LogP contribution is -2.38.